The van der Waals surface area contributed by atoms with E-state index in [0.29, 0.717) is 35.0 Å². The Labute approximate surface area is 259 Å². The highest BCUT2D eigenvalue weighted by Gasteiger charge is 2.29. The third kappa shape index (κ3) is 8.47. The van der Waals surface area contributed by atoms with E-state index in [1.54, 1.807) is 25.1 Å². The standard InChI is InChI=1S/C33H33N3O5S2/c1-2-40-33(39)31-27-16-17-36(19-23-10-5-3-6-11-23)20-28(27)43-32(31)35-30(38)22-42-26-15-9-12-24(18-26)34-29(37)21-41-25-13-7-4-8-14-25/h3-15,18H,2,16-17,19-22H2,1H3,(H,34,37)(H,35,38). The Morgan fingerprint density at radius 3 is 2.47 bits per heavy atom. The molecular formula is C33H33N3O5S2. The third-order valence-electron chi connectivity index (χ3n) is 6.72. The minimum absolute atomic E-state index is 0.110. The van der Waals surface area contributed by atoms with E-state index < -0.39 is 5.97 Å². The van der Waals surface area contributed by atoms with Crippen molar-refractivity contribution in [2.45, 2.75) is 31.3 Å². The Morgan fingerprint density at radius 2 is 1.70 bits per heavy atom. The maximum absolute atomic E-state index is 13.0. The Kier molecular flexibility index (Phi) is 10.5. The number of para-hydroxylation sites is 1. The smallest absolute Gasteiger partial charge is 0.341 e. The van der Waals surface area contributed by atoms with Gasteiger partial charge in [-0.2, -0.15) is 0 Å². The molecule has 2 amide bonds. The summed E-state index contributed by atoms with van der Waals surface area (Å²) < 4.78 is 10.9. The number of hydrogen-bond donors (Lipinski definition) is 2. The number of carbonyl (C=O) groups is 3. The van der Waals surface area contributed by atoms with Gasteiger partial charge >= 0.3 is 5.97 Å². The van der Waals surface area contributed by atoms with Gasteiger partial charge in [0.15, 0.2) is 6.61 Å². The molecule has 0 spiro atoms. The van der Waals surface area contributed by atoms with Gasteiger partial charge in [-0.15, -0.1) is 23.1 Å². The molecule has 0 saturated carbocycles. The van der Waals surface area contributed by atoms with Crippen molar-refractivity contribution in [3.63, 3.8) is 0 Å². The van der Waals surface area contributed by atoms with Crippen LogP contribution in [0.2, 0.25) is 0 Å². The van der Waals surface area contributed by atoms with Crippen molar-refractivity contribution in [2.75, 3.05) is 36.1 Å². The van der Waals surface area contributed by atoms with Crippen LogP contribution in [0.5, 0.6) is 5.75 Å². The second-order valence-corrected chi connectivity index (χ2v) is 12.0. The Bertz CT molecular complexity index is 1560. The zero-order chi connectivity index (χ0) is 30.0. The summed E-state index contributed by atoms with van der Waals surface area (Å²) in [5.41, 5.74) is 3.29. The van der Waals surface area contributed by atoms with Gasteiger partial charge in [0.05, 0.1) is 17.9 Å². The van der Waals surface area contributed by atoms with Gasteiger partial charge in [-0.3, -0.25) is 14.5 Å². The van der Waals surface area contributed by atoms with E-state index >= 15 is 0 Å². The number of carbonyl (C=O) groups excluding carboxylic acids is 3. The molecule has 222 valence electrons. The predicted octanol–water partition coefficient (Wildman–Crippen LogP) is 6.23. The molecule has 0 unspecified atom stereocenters. The summed E-state index contributed by atoms with van der Waals surface area (Å²) in [5, 5.41) is 6.34. The van der Waals surface area contributed by atoms with Crippen LogP contribution in [-0.4, -0.2) is 48.2 Å². The summed E-state index contributed by atoms with van der Waals surface area (Å²) in [6.07, 6.45) is 0.715. The number of esters is 1. The van der Waals surface area contributed by atoms with Crippen LogP contribution in [0.1, 0.15) is 33.3 Å². The molecule has 2 heterocycles. The fourth-order valence-corrected chi connectivity index (χ4v) is 6.83. The molecule has 1 aliphatic rings. The van der Waals surface area contributed by atoms with Crippen LogP contribution in [-0.2, 0) is 33.8 Å². The van der Waals surface area contributed by atoms with Crippen molar-refractivity contribution in [2.24, 2.45) is 0 Å². The molecule has 1 aliphatic heterocycles. The van der Waals surface area contributed by atoms with Gasteiger partial charge in [-0.25, -0.2) is 4.79 Å². The number of fused-ring (bicyclic) bond motifs is 1. The molecule has 0 saturated heterocycles. The van der Waals surface area contributed by atoms with Crippen LogP contribution in [0.25, 0.3) is 0 Å². The molecular weight excluding hydrogens is 583 g/mol. The fourth-order valence-electron chi connectivity index (χ4n) is 4.78. The molecule has 5 rings (SSSR count). The molecule has 8 nitrogen and oxygen atoms in total. The summed E-state index contributed by atoms with van der Waals surface area (Å²) in [5.74, 6) is -0.144. The second kappa shape index (κ2) is 14.9. The van der Waals surface area contributed by atoms with Crippen LogP contribution in [0.3, 0.4) is 0 Å². The molecule has 1 aromatic heterocycles. The molecule has 4 aromatic rings. The molecule has 10 heteroatoms. The topological polar surface area (TPSA) is 97.0 Å². The number of benzene rings is 3. The number of rotatable bonds is 12. The number of thioether (sulfide) groups is 1. The molecule has 0 atom stereocenters. The SMILES string of the molecule is CCOC(=O)c1c(NC(=O)CSc2cccc(NC(=O)COc3ccccc3)c2)sc2c1CCN(Cc1ccccc1)C2. The second-order valence-electron chi connectivity index (χ2n) is 9.89. The van der Waals surface area contributed by atoms with Crippen molar-refractivity contribution in [3.05, 3.63) is 106 Å². The van der Waals surface area contributed by atoms with E-state index in [9.17, 15) is 14.4 Å². The highest BCUT2D eigenvalue weighted by Crippen LogP contribution is 2.38. The van der Waals surface area contributed by atoms with Gasteiger partial charge in [0, 0.05) is 35.1 Å². The van der Waals surface area contributed by atoms with Crippen molar-refractivity contribution in [3.8, 4) is 5.75 Å². The minimum atomic E-state index is -0.404. The maximum Gasteiger partial charge on any atom is 0.341 e. The average molecular weight is 616 g/mol. The Balaban J connectivity index is 1.19. The molecule has 0 radical (unpaired) electrons. The predicted molar refractivity (Wildman–Crippen MR) is 171 cm³/mol. The summed E-state index contributed by atoms with van der Waals surface area (Å²) in [7, 11) is 0. The summed E-state index contributed by atoms with van der Waals surface area (Å²) in [6.45, 7) is 4.28. The van der Waals surface area contributed by atoms with E-state index in [0.717, 1.165) is 28.4 Å². The third-order valence-corrected chi connectivity index (χ3v) is 8.84. The summed E-state index contributed by atoms with van der Waals surface area (Å²) in [6, 6.07) is 26.7. The normalized spacial score (nSPS) is 12.7. The number of anilines is 2. The first-order chi connectivity index (χ1) is 21.0. The first-order valence-electron chi connectivity index (χ1n) is 14.1. The molecule has 0 fully saturated rings. The average Bonchev–Trinajstić information content (AvgIpc) is 3.37. The van der Waals surface area contributed by atoms with Crippen molar-refractivity contribution < 1.29 is 23.9 Å². The fraction of sp³-hybridized carbons (Fsp3) is 0.242. The number of nitrogens with one attached hydrogen (secondary N) is 2. The largest absolute Gasteiger partial charge is 0.484 e. The maximum atomic E-state index is 13.0. The van der Waals surface area contributed by atoms with E-state index in [2.05, 4.69) is 27.7 Å². The van der Waals surface area contributed by atoms with E-state index in [1.807, 2.05) is 54.6 Å². The zero-order valence-electron chi connectivity index (χ0n) is 23.8. The van der Waals surface area contributed by atoms with E-state index in [-0.39, 0.29) is 30.8 Å². The first kappa shape index (κ1) is 30.3. The lowest BCUT2D eigenvalue weighted by molar-refractivity contribution is -0.118. The number of thiophene rings is 1. The van der Waals surface area contributed by atoms with Crippen LogP contribution in [0.4, 0.5) is 10.7 Å². The number of ether oxygens (including phenoxy) is 2. The van der Waals surface area contributed by atoms with Gasteiger partial charge < -0.3 is 20.1 Å². The monoisotopic (exact) mass is 615 g/mol. The van der Waals surface area contributed by atoms with Gasteiger partial charge in [-0.1, -0.05) is 54.6 Å². The van der Waals surface area contributed by atoms with Crippen molar-refractivity contribution in [1.29, 1.82) is 0 Å². The lowest BCUT2D eigenvalue weighted by Crippen LogP contribution is -2.30. The summed E-state index contributed by atoms with van der Waals surface area (Å²) >= 11 is 2.80. The van der Waals surface area contributed by atoms with Gasteiger partial charge in [0.1, 0.15) is 10.8 Å². The highest BCUT2D eigenvalue weighted by molar-refractivity contribution is 8.00. The minimum Gasteiger partial charge on any atom is -0.484 e. The van der Waals surface area contributed by atoms with Gasteiger partial charge in [0.2, 0.25) is 5.91 Å². The summed E-state index contributed by atoms with van der Waals surface area (Å²) in [4.78, 5) is 42.6. The van der Waals surface area contributed by atoms with Crippen LogP contribution in [0, 0.1) is 0 Å². The number of hydrogen-bond acceptors (Lipinski definition) is 8. The number of nitrogens with zero attached hydrogens (tertiary/aromatic N) is 1. The zero-order valence-corrected chi connectivity index (χ0v) is 25.5. The van der Waals surface area contributed by atoms with Gasteiger partial charge in [0.25, 0.3) is 5.91 Å². The number of amides is 2. The highest BCUT2D eigenvalue weighted by atomic mass is 32.2. The van der Waals surface area contributed by atoms with Crippen molar-refractivity contribution >= 4 is 51.6 Å². The molecule has 0 aliphatic carbocycles. The molecule has 3 aromatic carbocycles. The van der Waals surface area contributed by atoms with Crippen LogP contribution >= 0.6 is 23.1 Å². The molecule has 2 N–H and O–H groups in total. The van der Waals surface area contributed by atoms with Crippen LogP contribution < -0.4 is 15.4 Å². The lowest BCUT2D eigenvalue weighted by Gasteiger charge is -2.27. The van der Waals surface area contributed by atoms with E-state index in [1.165, 1.54) is 28.7 Å². The van der Waals surface area contributed by atoms with E-state index in [4.69, 9.17) is 9.47 Å². The quantitative estimate of drug-likeness (QED) is 0.144. The molecule has 0 bridgehead atoms. The Hall–Kier alpha value is -4.12. The van der Waals surface area contributed by atoms with Crippen molar-refractivity contribution in [1.82, 2.24) is 4.90 Å². The van der Waals surface area contributed by atoms with Gasteiger partial charge in [-0.05, 0) is 54.8 Å². The molecule has 43 heavy (non-hydrogen) atoms. The Morgan fingerprint density at radius 1 is 0.930 bits per heavy atom. The first-order valence-corrected chi connectivity index (χ1v) is 15.9. The van der Waals surface area contributed by atoms with Crippen LogP contribution in [0.15, 0.2) is 89.8 Å². The lowest BCUT2D eigenvalue weighted by atomic mass is 10.0.